The lowest BCUT2D eigenvalue weighted by Crippen LogP contribution is -2.07. The van der Waals surface area contributed by atoms with Crippen molar-refractivity contribution in [2.75, 3.05) is 12.4 Å². The molecule has 0 atom stereocenters. The number of thioether (sulfide) groups is 1. The number of hydrogen-bond donors (Lipinski definition) is 0. The summed E-state index contributed by atoms with van der Waals surface area (Å²) >= 11 is 1.77. The highest BCUT2D eigenvalue weighted by atomic mass is 32.2. The Balaban J connectivity index is 2.43. The van der Waals surface area contributed by atoms with Gasteiger partial charge >= 0.3 is 0 Å². The van der Waals surface area contributed by atoms with Crippen molar-refractivity contribution in [2.45, 2.75) is 11.9 Å². The van der Waals surface area contributed by atoms with Gasteiger partial charge in [-0.2, -0.15) is 0 Å². The van der Waals surface area contributed by atoms with E-state index >= 15 is 0 Å². The van der Waals surface area contributed by atoms with Gasteiger partial charge in [0.1, 0.15) is 5.03 Å². The highest BCUT2D eigenvalue weighted by Crippen LogP contribution is 2.30. The Kier molecular flexibility index (Phi) is 1.74. The molecule has 1 aromatic heterocycles. The van der Waals surface area contributed by atoms with E-state index in [4.69, 9.17) is 4.74 Å². The molecule has 0 spiro atoms. The number of aryl methyl sites for hydroxylation is 1. The predicted octanol–water partition coefficient (Wildman–Crippen LogP) is 1.87. The summed E-state index contributed by atoms with van der Waals surface area (Å²) in [6, 6.07) is 3.97. The molecule has 0 aromatic carbocycles. The lowest BCUT2D eigenvalue weighted by atomic mass is 10.4. The molecule has 0 saturated heterocycles. The molecule has 0 saturated carbocycles. The Bertz CT molecular complexity index is 275. The largest absolute Gasteiger partial charge is 0.490 e. The Morgan fingerprint density at radius 1 is 1.55 bits per heavy atom. The fourth-order valence-corrected chi connectivity index (χ4v) is 1.86. The predicted molar refractivity (Wildman–Crippen MR) is 45.2 cm³/mol. The van der Waals surface area contributed by atoms with Gasteiger partial charge in [0.25, 0.3) is 0 Å². The monoisotopic (exact) mass is 167 g/mol. The molecule has 1 aromatic rings. The van der Waals surface area contributed by atoms with Gasteiger partial charge in [-0.05, 0) is 19.1 Å². The third-order valence-electron chi connectivity index (χ3n) is 1.54. The first-order valence-electron chi connectivity index (χ1n) is 3.59. The molecule has 0 fully saturated rings. The van der Waals surface area contributed by atoms with Crippen molar-refractivity contribution >= 4 is 11.8 Å². The van der Waals surface area contributed by atoms with Crippen LogP contribution in [0.3, 0.4) is 0 Å². The van der Waals surface area contributed by atoms with Crippen LogP contribution in [-0.4, -0.2) is 17.3 Å². The third kappa shape index (κ3) is 1.33. The van der Waals surface area contributed by atoms with Gasteiger partial charge in [0, 0.05) is 11.4 Å². The van der Waals surface area contributed by atoms with Crippen LogP contribution >= 0.6 is 11.8 Å². The second kappa shape index (κ2) is 2.74. The van der Waals surface area contributed by atoms with Crippen LogP contribution in [0.25, 0.3) is 0 Å². The summed E-state index contributed by atoms with van der Waals surface area (Å²) in [6.45, 7) is 2.80. The van der Waals surface area contributed by atoms with Gasteiger partial charge in [0.15, 0.2) is 5.75 Å². The van der Waals surface area contributed by atoms with E-state index in [1.165, 1.54) is 0 Å². The minimum Gasteiger partial charge on any atom is -0.490 e. The summed E-state index contributed by atoms with van der Waals surface area (Å²) in [7, 11) is 0. The summed E-state index contributed by atoms with van der Waals surface area (Å²) in [6.07, 6.45) is 0. The van der Waals surface area contributed by atoms with E-state index in [2.05, 4.69) is 4.98 Å². The molecule has 1 aliphatic rings. The van der Waals surface area contributed by atoms with Crippen LogP contribution in [0.4, 0.5) is 0 Å². The Labute approximate surface area is 70.0 Å². The van der Waals surface area contributed by atoms with Crippen molar-refractivity contribution in [1.29, 1.82) is 0 Å². The fourth-order valence-electron chi connectivity index (χ4n) is 1.02. The zero-order chi connectivity index (χ0) is 7.68. The SMILES string of the molecule is Cc1ccc2c(n1)SCCO2. The molecule has 11 heavy (non-hydrogen) atoms. The maximum Gasteiger partial charge on any atom is 0.151 e. The second-order valence-corrected chi connectivity index (χ2v) is 3.54. The molecule has 58 valence electrons. The van der Waals surface area contributed by atoms with Gasteiger partial charge in [-0.25, -0.2) is 4.98 Å². The molecule has 0 amide bonds. The number of ether oxygens (including phenoxy) is 1. The molecular formula is C8H9NOS. The molecule has 0 radical (unpaired) electrons. The number of aromatic nitrogens is 1. The maximum atomic E-state index is 5.40. The first-order valence-corrected chi connectivity index (χ1v) is 4.58. The first-order chi connectivity index (χ1) is 5.36. The van der Waals surface area contributed by atoms with Crippen molar-refractivity contribution < 1.29 is 4.74 Å². The van der Waals surface area contributed by atoms with Crippen molar-refractivity contribution in [3.63, 3.8) is 0 Å². The van der Waals surface area contributed by atoms with Crippen LogP contribution < -0.4 is 4.74 Å². The van der Waals surface area contributed by atoms with E-state index in [-0.39, 0.29) is 0 Å². The molecule has 3 heteroatoms. The van der Waals surface area contributed by atoms with Crippen LogP contribution in [0.2, 0.25) is 0 Å². The van der Waals surface area contributed by atoms with Crippen LogP contribution in [0.5, 0.6) is 5.75 Å². The van der Waals surface area contributed by atoms with Gasteiger partial charge in [-0.1, -0.05) is 11.8 Å². The van der Waals surface area contributed by atoms with E-state index < -0.39 is 0 Å². The molecule has 2 nitrogen and oxygen atoms in total. The summed E-state index contributed by atoms with van der Waals surface area (Å²) in [5.41, 5.74) is 1.06. The van der Waals surface area contributed by atoms with Crippen molar-refractivity contribution in [2.24, 2.45) is 0 Å². The van der Waals surface area contributed by atoms with Crippen molar-refractivity contribution in [1.82, 2.24) is 4.98 Å². The quantitative estimate of drug-likeness (QED) is 0.589. The average molecular weight is 167 g/mol. The number of hydrogen-bond acceptors (Lipinski definition) is 3. The summed E-state index contributed by atoms with van der Waals surface area (Å²) in [5.74, 6) is 1.95. The minimum atomic E-state index is 0.808. The minimum absolute atomic E-state index is 0.808. The lowest BCUT2D eigenvalue weighted by molar-refractivity contribution is 0.326. The smallest absolute Gasteiger partial charge is 0.151 e. The van der Waals surface area contributed by atoms with Crippen LogP contribution in [0.1, 0.15) is 5.69 Å². The third-order valence-corrected chi connectivity index (χ3v) is 2.48. The topological polar surface area (TPSA) is 22.1 Å². The van der Waals surface area contributed by atoms with E-state index in [1.807, 2.05) is 19.1 Å². The van der Waals surface area contributed by atoms with E-state index in [1.54, 1.807) is 11.8 Å². The van der Waals surface area contributed by atoms with Crippen LogP contribution in [0.15, 0.2) is 17.2 Å². The molecule has 0 unspecified atom stereocenters. The standard InChI is InChI=1S/C8H9NOS/c1-6-2-3-7-8(9-6)11-5-4-10-7/h2-3H,4-5H2,1H3. The van der Waals surface area contributed by atoms with Gasteiger partial charge in [0.2, 0.25) is 0 Å². The van der Waals surface area contributed by atoms with Gasteiger partial charge in [0.05, 0.1) is 6.61 Å². The zero-order valence-corrected chi connectivity index (χ0v) is 7.15. The molecule has 1 aliphatic heterocycles. The van der Waals surface area contributed by atoms with Gasteiger partial charge in [-0.3, -0.25) is 0 Å². The molecule has 0 aliphatic carbocycles. The summed E-state index contributed by atoms with van der Waals surface area (Å²) in [5, 5.41) is 1.04. The normalized spacial score (nSPS) is 15.4. The van der Waals surface area contributed by atoms with Crippen molar-refractivity contribution in [3.8, 4) is 5.75 Å². The number of rotatable bonds is 0. The summed E-state index contributed by atoms with van der Waals surface area (Å²) in [4.78, 5) is 4.35. The number of fused-ring (bicyclic) bond motifs is 1. The summed E-state index contributed by atoms with van der Waals surface area (Å²) < 4.78 is 5.40. The number of pyridine rings is 1. The first kappa shape index (κ1) is 6.98. The second-order valence-electron chi connectivity index (χ2n) is 2.45. The van der Waals surface area contributed by atoms with Gasteiger partial charge < -0.3 is 4.74 Å². The lowest BCUT2D eigenvalue weighted by Gasteiger charge is -2.15. The highest BCUT2D eigenvalue weighted by Gasteiger charge is 2.10. The van der Waals surface area contributed by atoms with Crippen LogP contribution in [0, 0.1) is 6.92 Å². The van der Waals surface area contributed by atoms with E-state index in [0.29, 0.717) is 0 Å². The van der Waals surface area contributed by atoms with Crippen molar-refractivity contribution in [3.05, 3.63) is 17.8 Å². The van der Waals surface area contributed by atoms with Crippen LogP contribution in [-0.2, 0) is 0 Å². The molecule has 2 rings (SSSR count). The zero-order valence-electron chi connectivity index (χ0n) is 6.33. The molecule has 0 bridgehead atoms. The highest BCUT2D eigenvalue weighted by molar-refractivity contribution is 7.99. The molecule has 2 heterocycles. The Morgan fingerprint density at radius 3 is 3.36 bits per heavy atom. The maximum absolute atomic E-state index is 5.40. The Hall–Kier alpha value is -0.700. The van der Waals surface area contributed by atoms with Gasteiger partial charge in [-0.15, -0.1) is 0 Å². The number of nitrogens with zero attached hydrogens (tertiary/aromatic N) is 1. The van der Waals surface area contributed by atoms with E-state index in [9.17, 15) is 0 Å². The van der Waals surface area contributed by atoms with E-state index in [0.717, 1.165) is 28.8 Å². The molecule has 0 N–H and O–H groups in total. The molecular weight excluding hydrogens is 158 g/mol. The fraction of sp³-hybridized carbons (Fsp3) is 0.375. The Morgan fingerprint density at radius 2 is 2.45 bits per heavy atom. The average Bonchev–Trinajstić information content (AvgIpc) is 2.04.